The fourth-order valence-corrected chi connectivity index (χ4v) is 3.27. The summed E-state index contributed by atoms with van der Waals surface area (Å²) in [6, 6.07) is 2.06. The number of Topliss-reactive ketones (excluding diaryl/α,β-unsaturated/α-hetero) is 1. The summed E-state index contributed by atoms with van der Waals surface area (Å²) in [6.07, 6.45) is 4.77. The maximum absolute atomic E-state index is 12.3. The van der Waals surface area contributed by atoms with Crippen LogP contribution in [0.5, 0.6) is 0 Å². The number of hydrogen-bond donors (Lipinski definition) is 0. The highest BCUT2D eigenvalue weighted by atomic mass is 16.1. The number of carbonyl (C=O) groups is 1. The second-order valence-corrected chi connectivity index (χ2v) is 6.16. The van der Waals surface area contributed by atoms with Gasteiger partial charge in [0.2, 0.25) is 0 Å². The smallest absolute Gasteiger partial charge is 0.137 e. The van der Waals surface area contributed by atoms with E-state index in [0.29, 0.717) is 11.7 Å². The Hall–Kier alpha value is -1.12. The minimum atomic E-state index is -0.107. The summed E-state index contributed by atoms with van der Waals surface area (Å²) >= 11 is 0. The van der Waals surface area contributed by atoms with E-state index in [2.05, 4.69) is 38.9 Å². The molecule has 0 bridgehead atoms. The quantitative estimate of drug-likeness (QED) is 0.823. The SMILES string of the molecule is CCn1nccc1C(C)(C)C1CCC(C)CC1=O. The molecule has 0 radical (unpaired) electrons. The zero-order chi connectivity index (χ0) is 13.3. The first kappa shape index (κ1) is 13.3. The maximum Gasteiger partial charge on any atom is 0.137 e. The first-order valence-corrected chi connectivity index (χ1v) is 7.01. The van der Waals surface area contributed by atoms with Crippen molar-refractivity contribution in [1.82, 2.24) is 9.78 Å². The predicted molar refractivity (Wildman–Crippen MR) is 72.4 cm³/mol. The van der Waals surface area contributed by atoms with Crippen LogP contribution >= 0.6 is 0 Å². The molecule has 3 nitrogen and oxygen atoms in total. The number of ketones is 1. The number of carbonyl (C=O) groups excluding carboxylic acids is 1. The molecule has 0 N–H and O–H groups in total. The van der Waals surface area contributed by atoms with Crippen molar-refractivity contribution >= 4 is 5.78 Å². The number of rotatable bonds is 3. The summed E-state index contributed by atoms with van der Waals surface area (Å²) in [5.41, 5.74) is 1.09. The zero-order valence-electron chi connectivity index (χ0n) is 11.9. The van der Waals surface area contributed by atoms with Gasteiger partial charge in [0.1, 0.15) is 5.78 Å². The minimum absolute atomic E-state index is 0.107. The fraction of sp³-hybridized carbons (Fsp3) is 0.733. The highest BCUT2D eigenvalue weighted by molar-refractivity contribution is 5.83. The molecule has 0 amide bonds. The van der Waals surface area contributed by atoms with Crippen molar-refractivity contribution in [2.75, 3.05) is 0 Å². The van der Waals surface area contributed by atoms with E-state index in [1.54, 1.807) is 0 Å². The van der Waals surface area contributed by atoms with Gasteiger partial charge in [0.05, 0.1) is 0 Å². The lowest BCUT2D eigenvalue weighted by Gasteiger charge is -2.37. The molecule has 1 fully saturated rings. The summed E-state index contributed by atoms with van der Waals surface area (Å²) in [5, 5.41) is 4.34. The lowest BCUT2D eigenvalue weighted by atomic mass is 9.67. The van der Waals surface area contributed by atoms with Crippen molar-refractivity contribution in [3.05, 3.63) is 18.0 Å². The van der Waals surface area contributed by atoms with Crippen molar-refractivity contribution in [2.24, 2.45) is 11.8 Å². The van der Waals surface area contributed by atoms with E-state index < -0.39 is 0 Å². The van der Waals surface area contributed by atoms with Gasteiger partial charge in [-0.1, -0.05) is 20.8 Å². The molecule has 2 atom stereocenters. The summed E-state index contributed by atoms with van der Waals surface area (Å²) in [6.45, 7) is 9.52. The Morgan fingerprint density at radius 3 is 2.78 bits per heavy atom. The van der Waals surface area contributed by atoms with Crippen LogP contribution in [0.4, 0.5) is 0 Å². The summed E-state index contributed by atoms with van der Waals surface area (Å²) < 4.78 is 2.02. The molecule has 0 aliphatic heterocycles. The predicted octanol–water partition coefficient (Wildman–Crippen LogP) is 3.19. The molecule has 100 valence electrons. The van der Waals surface area contributed by atoms with Crippen LogP contribution in [-0.4, -0.2) is 15.6 Å². The van der Waals surface area contributed by atoms with Gasteiger partial charge < -0.3 is 0 Å². The van der Waals surface area contributed by atoms with Gasteiger partial charge in [-0.25, -0.2) is 0 Å². The lowest BCUT2D eigenvalue weighted by Crippen LogP contribution is -2.39. The summed E-state index contributed by atoms with van der Waals surface area (Å²) in [5.74, 6) is 1.14. The first-order valence-electron chi connectivity index (χ1n) is 7.01. The highest BCUT2D eigenvalue weighted by Gasteiger charge is 2.40. The largest absolute Gasteiger partial charge is 0.299 e. The van der Waals surface area contributed by atoms with Crippen molar-refractivity contribution in [3.8, 4) is 0 Å². The molecule has 1 aromatic heterocycles. The lowest BCUT2D eigenvalue weighted by molar-refractivity contribution is -0.128. The standard InChI is InChI=1S/C15H24N2O/c1-5-17-14(8-9-16-17)15(3,4)12-7-6-11(2)10-13(12)18/h8-9,11-12H,5-7,10H2,1-4H3. The van der Waals surface area contributed by atoms with Crippen molar-refractivity contribution < 1.29 is 4.79 Å². The third-order valence-corrected chi connectivity index (χ3v) is 4.43. The number of aryl methyl sites for hydroxylation is 1. The molecule has 18 heavy (non-hydrogen) atoms. The topological polar surface area (TPSA) is 34.9 Å². The molecule has 0 saturated heterocycles. The minimum Gasteiger partial charge on any atom is -0.299 e. The Kier molecular flexibility index (Phi) is 3.60. The summed E-state index contributed by atoms with van der Waals surface area (Å²) in [7, 11) is 0. The van der Waals surface area contributed by atoms with Crippen LogP contribution in [0.2, 0.25) is 0 Å². The Balaban J connectivity index is 2.28. The van der Waals surface area contributed by atoms with Gasteiger partial charge in [0.25, 0.3) is 0 Å². The Labute approximate surface area is 110 Å². The molecule has 2 rings (SSSR count). The normalized spacial score (nSPS) is 25.4. The molecular formula is C15H24N2O. The van der Waals surface area contributed by atoms with Gasteiger partial charge in [0.15, 0.2) is 0 Å². The van der Waals surface area contributed by atoms with Crippen molar-refractivity contribution in [3.63, 3.8) is 0 Å². The number of nitrogens with zero attached hydrogens (tertiary/aromatic N) is 2. The van der Waals surface area contributed by atoms with E-state index in [1.807, 2.05) is 10.9 Å². The van der Waals surface area contributed by atoms with Gasteiger partial charge in [-0.3, -0.25) is 9.48 Å². The molecule has 0 spiro atoms. The average molecular weight is 248 g/mol. The van der Waals surface area contributed by atoms with Crippen molar-refractivity contribution in [1.29, 1.82) is 0 Å². The van der Waals surface area contributed by atoms with E-state index in [4.69, 9.17) is 0 Å². The van der Waals surface area contributed by atoms with Crippen LogP contribution < -0.4 is 0 Å². The molecule has 1 aromatic rings. The van der Waals surface area contributed by atoms with Crippen LogP contribution in [0.25, 0.3) is 0 Å². The highest BCUT2D eigenvalue weighted by Crippen LogP contribution is 2.40. The molecular weight excluding hydrogens is 224 g/mol. The number of aromatic nitrogens is 2. The second-order valence-electron chi connectivity index (χ2n) is 6.16. The van der Waals surface area contributed by atoms with Crippen LogP contribution in [0, 0.1) is 11.8 Å². The van der Waals surface area contributed by atoms with Gasteiger partial charge in [0, 0.05) is 36.2 Å². The van der Waals surface area contributed by atoms with E-state index >= 15 is 0 Å². The maximum atomic E-state index is 12.3. The molecule has 1 saturated carbocycles. The Morgan fingerprint density at radius 2 is 2.17 bits per heavy atom. The van der Waals surface area contributed by atoms with Crippen LogP contribution in [-0.2, 0) is 16.8 Å². The molecule has 1 aliphatic carbocycles. The van der Waals surface area contributed by atoms with E-state index in [0.717, 1.165) is 19.4 Å². The van der Waals surface area contributed by atoms with E-state index in [1.165, 1.54) is 12.1 Å². The first-order chi connectivity index (χ1) is 8.46. The van der Waals surface area contributed by atoms with Gasteiger partial charge in [-0.15, -0.1) is 0 Å². The number of hydrogen-bond acceptors (Lipinski definition) is 2. The van der Waals surface area contributed by atoms with Crippen molar-refractivity contribution in [2.45, 2.75) is 58.9 Å². The van der Waals surface area contributed by atoms with Gasteiger partial charge in [-0.2, -0.15) is 5.10 Å². The second kappa shape index (κ2) is 4.87. The van der Waals surface area contributed by atoms with E-state index in [9.17, 15) is 4.79 Å². The van der Waals surface area contributed by atoms with E-state index in [-0.39, 0.29) is 11.3 Å². The average Bonchev–Trinajstić information content (AvgIpc) is 2.76. The Morgan fingerprint density at radius 1 is 1.44 bits per heavy atom. The molecule has 1 aliphatic rings. The monoisotopic (exact) mass is 248 g/mol. The molecule has 0 aromatic carbocycles. The zero-order valence-corrected chi connectivity index (χ0v) is 11.9. The third-order valence-electron chi connectivity index (χ3n) is 4.43. The summed E-state index contributed by atoms with van der Waals surface area (Å²) in [4.78, 5) is 12.3. The molecule has 2 unspecified atom stereocenters. The van der Waals surface area contributed by atoms with Gasteiger partial charge >= 0.3 is 0 Å². The molecule has 3 heteroatoms. The molecule has 1 heterocycles. The Bertz CT molecular complexity index is 433. The van der Waals surface area contributed by atoms with Crippen LogP contribution in [0.1, 0.15) is 52.7 Å². The van der Waals surface area contributed by atoms with Crippen LogP contribution in [0.3, 0.4) is 0 Å². The fourth-order valence-electron chi connectivity index (χ4n) is 3.27. The van der Waals surface area contributed by atoms with Crippen LogP contribution in [0.15, 0.2) is 12.3 Å². The van der Waals surface area contributed by atoms with Gasteiger partial charge in [-0.05, 0) is 31.7 Å². The third kappa shape index (κ3) is 2.23.